The summed E-state index contributed by atoms with van der Waals surface area (Å²) in [5.41, 5.74) is 1.39. The highest BCUT2D eigenvalue weighted by molar-refractivity contribution is 7.98. The third kappa shape index (κ3) is 4.11. The van der Waals surface area contributed by atoms with Crippen molar-refractivity contribution in [3.63, 3.8) is 0 Å². The number of thioether (sulfide) groups is 1. The van der Waals surface area contributed by atoms with Crippen LogP contribution in [0.1, 0.15) is 17.0 Å². The number of rotatable bonds is 6. The van der Waals surface area contributed by atoms with Crippen LogP contribution < -0.4 is 4.74 Å². The van der Waals surface area contributed by atoms with Gasteiger partial charge in [-0.2, -0.15) is 0 Å². The SMILES string of the molecule is Cc1ccc(OCc2nnc(SCc3cccc(F)c3F)o2)cc1. The van der Waals surface area contributed by atoms with Crippen molar-refractivity contribution in [2.45, 2.75) is 24.5 Å². The lowest BCUT2D eigenvalue weighted by molar-refractivity contribution is 0.252. The number of benzene rings is 2. The molecule has 0 saturated carbocycles. The molecule has 0 unspecified atom stereocenters. The first-order valence-corrected chi connectivity index (χ1v) is 8.18. The number of ether oxygens (including phenoxy) is 1. The Morgan fingerprint density at radius 1 is 1.08 bits per heavy atom. The number of nitrogens with zero attached hydrogens (tertiary/aromatic N) is 2. The van der Waals surface area contributed by atoms with Crippen LogP contribution in [0.3, 0.4) is 0 Å². The van der Waals surface area contributed by atoms with Gasteiger partial charge < -0.3 is 9.15 Å². The summed E-state index contributed by atoms with van der Waals surface area (Å²) in [5.74, 6) is -0.504. The van der Waals surface area contributed by atoms with E-state index in [2.05, 4.69) is 10.2 Å². The minimum absolute atomic E-state index is 0.144. The van der Waals surface area contributed by atoms with Crippen molar-refractivity contribution in [3.05, 3.63) is 71.1 Å². The Morgan fingerprint density at radius 2 is 1.88 bits per heavy atom. The maximum Gasteiger partial charge on any atom is 0.277 e. The summed E-state index contributed by atoms with van der Waals surface area (Å²) < 4.78 is 37.7. The third-order valence-electron chi connectivity index (χ3n) is 3.21. The fourth-order valence-electron chi connectivity index (χ4n) is 1.93. The second-order valence-corrected chi connectivity index (χ2v) is 5.99. The van der Waals surface area contributed by atoms with Crippen LogP contribution in [0.15, 0.2) is 52.1 Å². The molecule has 0 fully saturated rings. The van der Waals surface area contributed by atoms with E-state index in [-0.39, 0.29) is 23.1 Å². The molecule has 1 aromatic heterocycles. The molecule has 0 saturated heterocycles. The van der Waals surface area contributed by atoms with E-state index in [0.29, 0.717) is 11.6 Å². The van der Waals surface area contributed by atoms with E-state index in [1.54, 1.807) is 0 Å². The fraction of sp³-hybridized carbons (Fsp3) is 0.176. The van der Waals surface area contributed by atoms with Crippen molar-refractivity contribution in [2.24, 2.45) is 0 Å². The zero-order chi connectivity index (χ0) is 16.9. The summed E-state index contributed by atoms with van der Waals surface area (Å²) in [5, 5.41) is 8.01. The van der Waals surface area contributed by atoms with Crippen molar-refractivity contribution in [3.8, 4) is 5.75 Å². The lowest BCUT2D eigenvalue weighted by Gasteiger charge is -2.03. The molecule has 0 aliphatic rings. The number of halogens is 2. The molecule has 124 valence electrons. The molecule has 24 heavy (non-hydrogen) atoms. The van der Waals surface area contributed by atoms with Gasteiger partial charge in [0.25, 0.3) is 11.1 Å². The summed E-state index contributed by atoms with van der Waals surface area (Å²) in [7, 11) is 0. The Bertz CT molecular complexity index is 822. The average Bonchev–Trinajstić information content (AvgIpc) is 3.04. The molecule has 0 N–H and O–H groups in total. The first-order valence-electron chi connectivity index (χ1n) is 7.19. The largest absolute Gasteiger partial charge is 0.484 e. The van der Waals surface area contributed by atoms with E-state index in [9.17, 15) is 8.78 Å². The van der Waals surface area contributed by atoms with E-state index >= 15 is 0 Å². The quantitative estimate of drug-likeness (QED) is 0.613. The van der Waals surface area contributed by atoms with E-state index in [0.717, 1.165) is 23.4 Å². The van der Waals surface area contributed by atoms with Crippen LogP contribution in [0.4, 0.5) is 8.78 Å². The molecule has 0 aliphatic heterocycles. The van der Waals surface area contributed by atoms with Crippen molar-refractivity contribution >= 4 is 11.8 Å². The van der Waals surface area contributed by atoms with E-state index in [4.69, 9.17) is 9.15 Å². The standard InChI is InChI=1S/C17H14F2N2O2S/c1-11-5-7-13(8-6-11)22-9-15-20-21-17(23-15)24-10-12-3-2-4-14(18)16(12)19/h2-8H,9-10H2,1H3. The van der Waals surface area contributed by atoms with Gasteiger partial charge >= 0.3 is 0 Å². The van der Waals surface area contributed by atoms with Crippen LogP contribution in [0.5, 0.6) is 5.75 Å². The monoisotopic (exact) mass is 348 g/mol. The van der Waals surface area contributed by atoms with Gasteiger partial charge in [0.15, 0.2) is 18.2 Å². The number of hydrogen-bond donors (Lipinski definition) is 0. The van der Waals surface area contributed by atoms with Crippen LogP contribution in [0.25, 0.3) is 0 Å². The van der Waals surface area contributed by atoms with Gasteiger partial charge in [-0.1, -0.05) is 41.6 Å². The highest BCUT2D eigenvalue weighted by Gasteiger charge is 2.11. The molecule has 0 spiro atoms. The molecule has 0 radical (unpaired) electrons. The minimum atomic E-state index is -0.870. The van der Waals surface area contributed by atoms with Crippen molar-refractivity contribution in [2.75, 3.05) is 0 Å². The van der Waals surface area contributed by atoms with Gasteiger partial charge in [0.1, 0.15) is 5.75 Å². The summed E-state index contributed by atoms with van der Waals surface area (Å²) in [6.45, 7) is 2.14. The van der Waals surface area contributed by atoms with Gasteiger partial charge in [-0.25, -0.2) is 8.78 Å². The predicted octanol–water partition coefficient (Wildman–Crippen LogP) is 4.53. The van der Waals surface area contributed by atoms with E-state index < -0.39 is 11.6 Å². The van der Waals surface area contributed by atoms with Gasteiger partial charge in [-0.05, 0) is 25.1 Å². The van der Waals surface area contributed by atoms with E-state index in [1.165, 1.54) is 12.1 Å². The zero-order valence-electron chi connectivity index (χ0n) is 12.8. The lowest BCUT2D eigenvalue weighted by Crippen LogP contribution is -1.95. The van der Waals surface area contributed by atoms with Crippen molar-refractivity contribution in [1.29, 1.82) is 0 Å². The Labute approximate surface area is 141 Å². The Morgan fingerprint density at radius 3 is 2.67 bits per heavy atom. The molecular formula is C17H14F2N2O2S. The van der Waals surface area contributed by atoms with Gasteiger partial charge in [-0.3, -0.25) is 0 Å². The Kier molecular flexibility index (Phi) is 5.10. The normalized spacial score (nSPS) is 10.8. The van der Waals surface area contributed by atoms with Crippen LogP contribution in [-0.4, -0.2) is 10.2 Å². The molecule has 0 aliphatic carbocycles. The molecule has 0 atom stereocenters. The zero-order valence-corrected chi connectivity index (χ0v) is 13.6. The number of aromatic nitrogens is 2. The fourth-order valence-corrected chi connectivity index (χ4v) is 2.69. The molecule has 3 aromatic rings. The average molecular weight is 348 g/mol. The molecule has 0 amide bonds. The van der Waals surface area contributed by atoms with Crippen molar-refractivity contribution in [1.82, 2.24) is 10.2 Å². The number of hydrogen-bond acceptors (Lipinski definition) is 5. The summed E-state index contributed by atoms with van der Waals surface area (Å²) in [4.78, 5) is 0. The highest BCUT2D eigenvalue weighted by atomic mass is 32.2. The molecule has 4 nitrogen and oxygen atoms in total. The molecular weight excluding hydrogens is 334 g/mol. The summed E-state index contributed by atoms with van der Waals surface area (Å²) in [6, 6.07) is 11.7. The van der Waals surface area contributed by atoms with Crippen LogP contribution in [-0.2, 0) is 12.4 Å². The van der Waals surface area contributed by atoms with Gasteiger partial charge in [-0.15, -0.1) is 10.2 Å². The maximum atomic E-state index is 13.6. The molecule has 7 heteroatoms. The van der Waals surface area contributed by atoms with Crippen molar-refractivity contribution < 1.29 is 17.9 Å². The van der Waals surface area contributed by atoms with Crippen LogP contribution >= 0.6 is 11.8 Å². The Hall–Kier alpha value is -2.41. The lowest BCUT2D eigenvalue weighted by atomic mass is 10.2. The maximum absolute atomic E-state index is 13.6. The number of aryl methyl sites for hydroxylation is 1. The predicted molar refractivity (Wildman–Crippen MR) is 85.7 cm³/mol. The molecule has 0 bridgehead atoms. The van der Waals surface area contributed by atoms with Crippen LogP contribution in [0.2, 0.25) is 0 Å². The second-order valence-electron chi connectivity index (χ2n) is 5.07. The second kappa shape index (κ2) is 7.44. The molecule has 3 rings (SSSR count). The van der Waals surface area contributed by atoms with E-state index in [1.807, 2.05) is 31.2 Å². The summed E-state index contributed by atoms with van der Waals surface area (Å²) in [6.07, 6.45) is 0. The Balaban J connectivity index is 1.55. The van der Waals surface area contributed by atoms with Gasteiger partial charge in [0.05, 0.1) is 0 Å². The van der Waals surface area contributed by atoms with Crippen LogP contribution in [0, 0.1) is 18.6 Å². The minimum Gasteiger partial charge on any atom is -0.484 e. The van der Waals surface area contributed by atoms with Gasteiger partial charge in [0, 0.05) is 11.3 Å². The third-order valence-corrected chi connectivity index (χ3v) is 4.08. The topological polar surface area (TPSA) is 48.2 Å². The smallest absolute Gasteiger partial charge is 0.277 e. The summed E-state index contributed by atoms with van der Waals surface area (Å²) >= 11 is 1.14. The molecule has 1 heterocycles. The highest BCUT2D eigenvalue weighted by Crippen LogP contribution is 2.24. The first-order chi connectivity index (χ1) is 11.6. The van der Waals surface area contributed by atoms with Gasteiger partial charge in [0.2, 0.25) is 0 Å². The first kappa shape index (κ1) is 16.4. The molecule has 2 aromatic carbocycles.